The minimum Gasteiger partial charge on any atom is -0.483 e. The summed E-state index contributed by atoms with van der Waals surface area (Å²) in [5.41, 5.74) is 0.868. The summed E-state index contributed by atoms with van der Waals surface area (Å²) in [4.78, 5) is 13.8. The molecule has 1 aromatic carbocycles. The van der Waals surface area contributed by atoms with E-state index in [1.54, 1.807) is 11.0 Å². The molecule has 1 amide bonds. The highest BCUT2D eigenvalue weighted by molar-refractivity contribution is 5.78. The van der Waals surface area contributed by atoms with Crippen molar-refractivity contribution in [3.63, 3.8) is 0 Å². The van der Waals surface area contributed by atoms with Crippen molar-refractivity contribution < 1.29 is 13.9 Å². The fraction of sp³-hybridized carbons (Fsp3) is 0.562. The molecule has 0 bridgehead atoms. The van der Waals surface area contributed by atoms with Gasteiger partial charge in [-0.05, 0) is 32.4 Å². The Kier molecular flexibility index (Phi) is 5.56. The van der Waals surface area contributed by atoms with Gasteiger partial charge in [-0.3, -0.25) is 4.79 Å². The van der Waals surface area contributed by atoms with Crippen LogP contribution in [-0.4, -0.2) is 37.0 Å². The highest BCUT2D eigenvalue weighted by Gasteiger charge is 2.19. The van der Waals surface area contributed by atoms with E-state index in [4.69, 9.17) is 4.74 Å². The summed E-state index contributed by atoms with van der Waals surface area (Å²) >= 11 is 0. The van der Waals surface area contributed by atoms with Crippen molar-refractivity contribution in [3.8, 4) is 5.75 Å². The molecule has 1 saturated heterocycles. The minimum atomic E-state index is -0.355. The fourth-order valence-corrected chi connectivity index (χ4v) is 2.60. The highest BCUT2D eigenvalue weighted by atomic mass is 19.1. The lowest BCUT2D eigenvalue weighted by Gasteiger charge is -2.19. The smallest absolute Gasteiger partial charge is 0.260 e. The van der Waals surface area contributed by atoms with Crippen molar-refractivity contribution in [2.24, 2.45) is 0 Å². The quantitative estimate of drug-likeness (QED) is 0.876. The van der Waals surface area contributed by atoms with E-state index in [1.807, 2.05) is 13.8 Å². The Labute approximate surface area is 125 Å². The van der Waals surface area contributed by atoms with Crippen LogP contribution >= 0.6 is 0 Å². The molecule has 1 aliphatic heterocycles. The largest absolute Gasteiger partial charge is 0.483 e. The lowest BCUT2D eigenvalue weighted by molar-refractivity contribution is -0.132. The van der Waals surface area contributed by atoms with Gasteiger partial charge in [-0.2, -0.15) is 0 Å². The van der Waals surface area contributed by atoms with E-state index < -0.39 is 0 Å². The number of rotatable bonds is 6. The SMILES string of the molecule is CCNC(C)c1ccc(F)cc1OCC(=O)N1CCCC1. The molecule has 1 fully saturated rings. The van der Waals surface area contributed by atoms with Crippen LogP contribution in [0.5, 0.6) is 5.75 Å². The van der Waals surface area contributed by atoms with E-state index in [0.717, 1.165) is 38.0 Å². The number of carbonyl (C=O) groups is 1. The van der Waals surface area contributed by atoms with Gasteiger partial charge in [0, 0.05) is 30.8 Å². The molecule has 0 aliphatic carbocycles. The molecule has 0 radical (unpaired) electrons. The third kappa shape index (κ3) is 4.17. The van der Waals surface area contributed by atoms with Crippen LogP contribution in [0.1, 0.15) is 38.3 Å². The van der Waals surface area contributed by atoms with Crippen molar-refractivity contribution in [2.75, 3.05) is 26.2 Å². The van der Waals surface area contributed by atoms with E-state index in [1.165, 1.54) is 12.1 Å². The number of halogens is 1. The van der Waals surface area contributed by atoms with E-state index in [9.17, 15) is 9.18 Å². The van der Waals surface area contributed by atoms with Gasteiger partial charge in [0.15, 0.2) is 6.61 Å². The summed E-state index contributed by atoms with van der Waals surface area (Å²) in [6, 6.07) is 4.52. The van der Waals surface area contributed by atoms with E-state index in [0.29, 0.717) is 5.75 Å². The molecule has 4 nitrogen and oxygen atoms in total. The average Bonchev–Trinajstić information content (AvgIpc) is 2.99. The molecular weight excluding hydrogens is 271 g/mol. The predicted octanol–water partition coefficient (Wildman–Crippen LogP) is 2.50. The number of hydrogen-bond donors (Lipinski definition) is 1. The van der Waals surface area contributed by atoms with Crippen molar-refractivity contribution >= 4 is 5.91 Å². The van der Waals surface area contributed by atoms with Gasteiger partial charge in [0.2, 0.25) is 0 Å². The lowest BCUT2D eigenvalue weighted by atomic mass is 10.1. The maximum absolute atomic E-state index is 13.4. The summed E-state index contributed by atoms with van der Waals surface area (Å²) in [5.74, 6) is 0.0564. The van der Waals surface area contributed by atoms with Crippen molar-refractivity contribution in [1.29, 1.82) is 0 Å². The first-order chi connectivity index (χ1) is 10.1. The third-order valence-corrected chi connectivity index (χ3v) is 3.76. The Morgan fingerprint density at radius 1 is 1.43 bits per heavy atom. The standard InChI is InChI=1S/C16H23FN2O2/c1-3-18-12(2)14-7-6-13(17)10-15(14)21-11-16(20)19-8-4-5-9-19/h6-7,10,12,18H,3-5,8-9,11H2,1-2H3. The zero-order chi connectivity index (χ0) is 15.2. The second-order valence-electron chi connectivity index (χ2n) is 5.34. The van der Waals surface area contributed by atoms with Crippen LogP contribution in [0, 0.1) is 5.82 Å². The van der Waals surface area contributed by atoms with Crippen molar-refractivity contribution in [2.45, 2.75) is 32.7 Å². The lowest BCUT2D eigenvalue weighted by Crippen LogP contribution is -2.32. The number of nitrogens with zero attached hydrogens (tertiary/aromatic N) is 1. The second kappa shape index (κ2) is 7.41. The number of benzene rings is 1. The maximum Gasteiger partial charge on any atom is 0.260 e. The number of ether oxygens (including phenoxy) is 1. The molecule has 2 rings (SSSR count). The minimum absolute atomic E-state index is 0.0289. The van der Waals surface area contributed by atoms with E-state index in [2.05, 4.69) is 5.32 Å². The normalized spacial score (nSPS) is 16.0. The molecule has 1 atom stereocenters. The zero-order valence-electron chi connectivity index (χ0n) is 12.7. The zero-order valence-corrected chi connectivity index (χ0v) is 12.7. The van der Waals surface area contributed by atoms with Crippen LogP contribution in [-0.2, 0) is 4.79 Å². The number of carbonyl (C=O) groups excluding carboxylic acids is 1. The second-order valence-corrected chi connectivity index (χ2v) is 5.34. The topological polar surface area (TPSA) is 41.6 Å². The van der Waals surface area contributed by atoms with Gasteiger partial charge >= 0.3 is 0 Å². The van der Waals surface area contributed by atoms with Gasteiger partial charge in [0.05, 0.1) is 0 Å². The van der Waals surface area contributed by atoms with Gasteiger partial charge in [0.1, 0.15) is 11.6 Å². The molecule has 1 aromatic rings. The van der Waals surface area contributed by atoms with Crippen LogP contribution in [0.15, 0.2) is 18.2 Å². The monoisotopic (exact) mass is 294 g/mol. The molecule has 0 saturated carbocycles. The molecule has 5 heteroatoms. The highest BCUT2D eigenvalue weighted by Crippen LogP contribution is 2.26. The van der Waals surface area contributed by atoms with Crippen LogP contribution in [0.3, 0.4) is 0 Å². The Morgan fingerprint density at radius 3 is 2.81 bits per heavy atom. The first-order valence-electron chi connectivity index (χ1n) is 7.55. The molecule has 1 N–H and O–H groups in total. The van der Waals surface area contributed by atoms with E-state index >= 15 is 0 Å². The molecular formula is C16H23FN2O2. The number of likely N-dealkylation sites (tertiary alicyclic amines) is 1. The van der Waals surface area contributed by atoms with Gasteiger partial charge in [0.25, 0.3) is 5.91 Å². The molecule has 1 aliphatic rings. The first kappa shape index (κ1) is 15.8. The van der Waals surface area contributed by atoms with Crippen LogP contribution in [0.2, 0.25) is 0 Å². The summed E-state index contributed by atoms with van der Waals surface area (Å²) < 4.78 is 19.0. The Hall–Kier alpha value is -1.62. The number of nitrogens with one attached hydrogen (secondary N) is 1. The fourth-order valence-electron chi connectivity index (χ4n) is 2.60. The van der Waals surface area contributed by atoms with Crippen LogP contribution < -0.4 is 10.1 Å². The summed E-state index contributed by atoms with van der Waals surface area (Å²) in [6.07, 6.45) is 2.10. The van der Waals surface area contributed by atoms with Crippen molar-refractivity contribution in [1.82, 2.24) is 10.2 Å². The molecule has 0 spiro atoms. The average molecular weight is 294 g/mol. The molecule has 21 heavy (non-hydrogen) atoms. The van der Waals surface area contributed by atoms with Crippen LogP contribution in [0.25, 0.3) is 0 Å². The van der Waals surface area contributed by atoms with Gasteiger partial charge in [-0.1, -0.05) is 13.0 Å². The molecule has 0 aromatic heterocycles. The first-order valence-corrected chi connectivity index (χ1v) is 7.55. The van der Waals surface area contributed by atoms with E-state index in [-0.39, 0.29) is 24.4 Å². The summed E-state index contributed by atoms with van der Waals surface area (Å²) in [5, 5.41) is 3.27. The van der Waals surface area contributed by atoms with Crippen molar-refractivity contribution in [3.05, 3.63) is 29.6 Å². The van der Waals surface area contributed by atoms with Gasteiger partial charge < -0.3 is 15.0 Å². The maximum atomic E-state index is 13.4. The van der Waals surface area contributed by atoms with Gasteiger partial charge in [-0.25, -0.2) is 4.39 Å². The molecule has 1 unspecified atom stereocenters. The Bertz CT molecular complexity index is 487. The number of amides is 1. The summed E-state index contributed by atoms with van der Waals surface area (Å²) in [7, 11) is 0. The molecule has 116 valence electrons. The van der Waals surface area contributed by atoms with Gasteiger partial charge in [-0.15, -0.1) is 0 Å². The predicted molar refractivity (Wildman–Crippen MR) is 79.8 cm³/mol. The third-order valence-electron chi connectivity index (χ3n) is 3.76. The Balaban J connectivity index is 2.03. The van der Waals surface area contributed by atoms with Crippen LogP contribution in [0.4, 0.5) is 4.39 Å². The molecule has 1 heterocycles. The summed E-state index contributed by atoms with van der Waals surface area (Å²) in [6.45, 7) is 6.38. The Morgan fingerprint density at radius 2 is 2.14 bits per heavy atom. The number of hydrogen-bond acceptors (Lipinski definition) is 3.